The van der Waals surface area contributed by atoms with Crippen LogP contribution < -0.4 is 5.32 Å². The number of nitrogens with one attached hydrogen (secondary N) is 1. The average molecular weight is 463 g/mol. The molecular weight excluding hydrogens is 420 g/mol. The molecule has 0 spiro atoms. The summed E-state index contributed by atoms with van der Waals surface area (Å²) in [5, 5.41) is 3.50. The third kappa shape index (κ3) is 7.07. The molecule has 0 aromatic heterocycles. The third-order valence-electron chi connectivity index (χ3n) is 7.40. The molecule has 2 aromatic rings. The quantitative estimate of drug-likeness (QED) is 0.559. The van der Waals surface area contributed by atoms with Gasteiger partial charge in [0.15, 0.2) is 0 Å². The van der Waals surface area contributed by atoms with Gasteiger partial charge in [-0.1, -0.05) is 61.7 Å². The molecular formula is C29H42N4O. The lowest BCUT2D eigenvalue weighted by Gasteiger charge is -2.34. The number of amides is 1. The topological polar surface area (TPSA) is 38.8 Å². The SMILES string of the molecule is CN(C)CCN(Cc1ccccc1)C(=O)CNc1cccc2c1CCN(CC1CCCCC1)C2. The van der Waals surface area contributed by atoms with Gasteiger partial charge in [-0.3, -0.25) is 9.69 Å². The highest BCUT2D eigenvalue weighted by Gasteiger charge is 2.23. The van der Waals surface area contributed by atoms with E-state index in [1.54, 1.807) is 0 Å². The zero-order chi connectivity index (χ0) is 23.8. The predicted molar refractivity (Wildman–Crippen MR) is 141 cm³/mol. The van der Waals surface area contributed by atoms with Gasteiger partial charge in [-0.05, 0) is 62.0 Å². The lowest BCUT2D eigenvalue weighted by atomic mass is 9.88. The smallest absolute Gasteiger partial charge is 0.242 e. The number of hydrogen-bond donors (Lipinski definition) is 1. The molecule has 1 aliphatic heterocycles. The number of nitrogens with zero attached hydrogens (tertiary/aromatic N) is 3. The average Bonchev–Trinajstić information content (AvgIpc) is 2.86. The maximum absolute atomic E-state index is 13.2. The second-order valence-electron chi connectivity index (χ2n) is 10.4. The van der Waals surface area contributed by atoms with Gasteiger partial charge in [-0.2, -0.15) is 0 Å². The molecule has 0 unspecified atom stereocenters. The first kappa shape index (κ1) is 24.7. The molecule has 1 fully saturated rings. The number of likely N-dealkylation sites (N-methyl/N-ethyl adjacent to an activating group) is 1. The van der Waals surface area contributed by atoms with E-state index in [0.717, 1.165) is 44.2 Å². The Balaban J connectivity index is 1.35. The lowest BCUT2D eigenvalue weighted by molar-refractivity contribution is -0.130. The van der Waals surface area contributed by atoms with E-state index in [0.29, 0.717) is 13.1 Å². The maximum Gasteiger partial charge on any atom is 0.242 e. The molecule has 1 N–H and O–H groups in total. The van der Waals surface area contributed by atoms with Crippen molar-refractivity contribution in [3.8, 4) is 0 Å². The Kier molecular flexibility index (Phi) is 9.00. The molecule has 0 bridgehead atoms. The van der Waals surface area contributed by atoms with Gasteiger partial charge in [0, 0.05) is 45.0 Å². The fourth-order valence-corrected chi connectivity index (χ4v) is 5.42. The van der Waals surface area contributed by atoms with E-state index < -0.39 is 0 Å². The summed E-state index contributed by atoms with van der Waals surface area (Å²) in [7, 11) is 4.11. The van der Waals surface area contributed by atoms with Gasteiger partial charge in [-0.25, -0.2) is 0 Å². The van der Waals surface area contributed by atoms with E-state index in [1.165, 1.54) is 55.3 Å². The first-order valence-corrected chi connectivity index (χ1v) is 13.1. The molecule has 2 aromatic carbocycles. The van der Waals surface area contributed by atoms with Crippen molar-refractivity contribution in [3.05, 3.63) is 65.2 Å². The van der Waals surface area contributed by atoms with E-state index in [9.17, 15) is 4.79 Å². The molecule has 0 atom stereocenters. The second-order valence-corrected chi connectivity index (χ2v) is 10.4. The highest BCUT2D eigenvalue weighted by Crippen LogP contribution is 2.29. The minimum absolute atomic E-state index is 0.151. The summed E-state index contributed by atoms with van der Waals surface area (Å²) in [5.41, 5.74) is 5.13. The predicted octanol–water partition coefficient (Wildman–Crippen LogP) is 4.63. The number of benzene rings is 2. The van der Waals surface area contributed by atoms with Crippen molar-refractivity contribution in [2.24, 2.45) is 5.92 Å². The van der Waals surface area contributed by atoms with Crippen molar-refractivity contribution in [2.75, 3.05) is 52.1 Å². The lowest BCUT2D eigenvalue weighted by Crippen LogP contribution is -2.39. The summed E-state index contributed by atoms with van der Waals surface area (Å²) < 4.78 is 0. The fourth-order valence-electron chi connectivity index (χ4n) is 5.42. The van der Waals surface area contributed by atoms with Crippen molar-refractivity contribution in [1.82, 2.24) is 14.7 Å². The van der Waals surface area contributed by atoms with Crippen LogP contribution in [0.4, 0.5) is 5.69 Å². The Hall–Kier alpha value is -2.37. The number of anilines is 1. The van der Waals surface area contributed by atoms with E-state index in [2.05, 4.69) is 59.5 Å². The summed E-state index contributed by atoms with van der Waals surface area (Å²) in [4.78, 5) is 20.0. The van der Waals surface area contributed by atoms with Crippen molar-refractivity contribution in [2.45, 2.75) is 51.6 Å². The van der Waals surface area contributed by atoms with Gasteiger partial charge in [-0.15, -0.1) is 0 Å². The monoisotopic (exact) mass is 462 g/mol. The molecule has 2 aliphatic rings. The molecule has 34 heavy (non-hydrogen) atoms. The van der Waals surface area contributed by atoms with Crippen LogP contribution in [0.5, 0.6) is 0 Å². The van der Waals surface area contributed by atoms with Gasteiger partial charge < -0.3 is 15.1 Å². The van der Waals surface area contributed by atoms with Gasteiger partial charge in [0.2, 0.25) is 5.91 Å². The molecule has 1 amide bonds. The maximum atomic E-state index is 13.2. The van der Waals surface area contributed by atoms with Crippen LogP contribution in [-0.4, -0.2) is 67.4 Å². The Morgan fingerprint density at radius 3 is 2.56 bits per heavy atom. The number of fused-ring (bicyclic) bond motifs is 1. The molecule has 184 valence electrons. The van der Waals surface area contributed by atoms with Crippen molar-refractivity contribution >= 4 is 11.6 Å². The van der Waals surface area contributed by atoms with Crippen LogP contribution in [0.3, 0.4) is 0 Å². The minimum atomic E-state index is 0.151. The Morgan fingerprint density at radius 1 is 1.00 bits per heavy atom. The molecule has 1 heterocycles. The van der Waals surface area contributed by atoms with E-state index in [4.69, 9.17) is 0 Å². The van der Waals surface area contributed by atoms with Crippen molar-refractivity contribution in [3.63, 3.8) is 0 Å². The Labute approximate surface area is 206 Å². The molecule has 1 aliphatic carbocycles. The Morgan fingerprint density at radius 2 is 1.79 bits per heavy atom. The number of hydrogen-bond acceptors (Lipinski definition) is 4. The van der Waals surface area contributed by atoms with Crippen LogP contribution in [0.1, 0.15) is 48.8 Å². The molecule has 0 saturated heterocycles. The summed E-state index contributed by atoms with van der Waals surface area (Å²) in [6.07, 6.45) is 8.11. The van der Waals surface area contributed by atoms with Gasteiger partial charge >= 0.3 is 0 Å². The highest BCUT2D eigenvalue weighted by molar-refractivity contribution is 5.81. The third-order valence-corrected chi connectivity index (χ3v) is 7.40. The number of rotatable bonds is 10. The van der Waals surface area contributed by atoms with Crippen LogP contribution in [-0.2, 0) is 24.3 Å². The molecule has 4 rings (SSSR count). The molecule has 1 saturated carbocycles. The zero-order valence-electron chi connectivity index (χ0n) is 21.1. The van der Waals surface area contributed by atoms with Crippen LogP contribution in [0.2, 0.25) is 0 Å². The fraction of sp³-hybridized carbons (Fsp3) is 0.552. The first-order valence-electron chi connectivity index (χ1n) is 13.1. The molecule has 0 radical (unpaired) electrons. The molecule has 5 heteroatoms. The number of carbonyl (C=O) groups excluding carboxylic acids is 1. The van der Waals surface area contributed by atoms with Crippen LogP contribution in [0.15, 0.2) is 48.5 Å². The van der Waals surface area contributed by atoms with E-state index in [1.807, 2.05) is 23.1 Å². The standard InChI is InChI=1S/C29H42N4O/c1-31(2)18-19-33(22-25-12-7-4-8-13-25)29(34)20-30-28-15-9-14-26-23-32(17-16-27(26)28)21-24-10-5-3-6-11-24/h4,7-9,12-15,24,30H,3,5-6,10-11,16-23H2,1-2H3. The molecule has 5 nitrogen and oxygen atoms in total. The normalized spacial score (nSPS) is 16.9. The largest absolute Gasteiger partial charge is 0.376 e. The van der Waals surface area contributed by atoms with Crippen LogP contribution >= 0.6 is 0 Å². The van der Waals surface area contributed by atoms with Crippen LogP contribution in [0.25, 0.3) is 0 Å². The van der Waals surface area contributed by atoms with Gasteiger partial charge in [0.05, 0.1) is 6.54 Å². The van der Waals surface area contributed by atoms with Crippen LogP contribution in [0, 0.1) is 5.92 Å². The van der Waals surface area contributed by atoms with Gasteiger partial charge in [0.1, 0.15) is 0 Å². The summed E-state index contributed by atoms with van der Waals surface area (Å²) in [6, 6.07) is 16.8. The van der Waals surface area contributed by atoms with Gasteiger partial charge in [0.25, 0.3) is 0 Å². The summed E-state index contributed by atoms with van der Waals surface area (Å²) in [6.45, 7) is 5.98. The first-order chi connectivity index (χ1) is 16.6. The van der Waals surface area contributed by atoms with E-state index in [-0.39, 0.29) is 5.91 Å². The number of carbonyl (C=O) groups is 1. The van der Waals surface area contributed by atoms with Crippen molar-refractivity contribution < 1.29 is 4.79 Å². The van der Waals surface area contributed by atoms with E-state index >= 15 is 0 Å². The summed E-state index contributed by atoms with van der Waals surface area (Å²) >= 11 is 0. The minimum Gasteiger partial charge on any atom is -0.376 e. The van der Waals surface area contributed by atoms with Crippen molar-refractivity contribution in [1.29, 1.82) is 0 Å². The zero-order valence-corrected chi connectivity index (χ0v) is 21.1. The summed E-state index contributed by atoms with van der Waals surface area (Å²) in [5.74, 6) is 1.03. The second kappa shape index (κ2) is 12.4. The Bertz CT molecular complexity index is 908. The highest BCUT2D eigenvalue weighted by atomic mass is 16.2.